The van der Waals surface area contributed by atoms with Gasteiger partial charge in [-0.1, -0.05) is 0 Å². The molecule has 1 saturated carbocycles. The summed E-state index contributed by atoms with van der Waals surface area (Å²) in [5.74, 6) is 1.66. The van der Waals surface area contributed by atoms with Crippen molar-refractivity contribution in [1.82, 2.24) is 9.97 Å². The minimum atomic E-state index is 0.122. The lowest BCUT2D eigenvalue weighted by Gasteiger charge is -2.52. The van der Waals surface area contributed by atoms with E-state index in [1.807, 2.05) is 0 Å². The molecule has 0 bridgehead atoms. The third-order valence-electron chi connectivity index (χ3n) is 3.81. The van der Waals surface area contributed by atoms with Crippen LogP contribution in [0.2, 0.25) is 0 Å². The summed E-state index contributed by atoms with van der Waals surface area (Å²) in [5.41, 5.74) is 6.17. The molecule has 18 heavy (non-hydrogen) atoms. The highest BCUT2D eigenvalue weighted by Crippen LogP contribution is 2.38. The minimum absolute atomic E-state index is 0.122. The van der Waals surface area contributed by atoms with Crippen LogP contribution in [-0.4, -0.2) is 41.9 Å². The van der Waals surface area contributed by atoms with Crippen molar-refractivity contribution >= 4 is 5.82 Å². The number of fused-ring (bicyclic) bond motifs is 1. The number of anilines is 1. The lowest BCUT2D eigenvalue weighted by molar-refractivity contribution is -0.104. The fraction of sp³-hybridized carbons (Fsp3) is 0.667. The van der Waals surface area contributed by atoms with Gasteiger partial charge in [0.15, 0.2) is 0 Å². The molecular formula is C12H18N4O2. The maximum Gasteiger partial charge on any atom is 0.233 e. The van der Waals surface area contributed by atoms with Crippen molar-refractivity contribution in [2.45, 2.75) is 31.0 Å². The summed E-state index contributed by atoms with van der Waals surface area (Å²) < 4.78 is 10.8. The number of hydrogen-bond acceptors (Lipinski definition) is 6. The van der Waals surface area contributed by atoms with E-state index in [1.54, 1.807) is 19.5 Å². The van der Waals surface area contributed by atoms with Gasteiger partial charge in [0.25, 0.3) is 0 Å². The third-order valence-corrected chi connectivity index (χ3v) is 3.81. The molecule has 1 aliphatic heterocycles. The Hall–Kier alpha value is -1.40. The van der Waals surface area contributed by atoms with Crippen LogP contribution in [-0.2, 0) is 4.74 Å². The standard InChI is InChI=1S/C12H18N4O2/c1-17-9-6-14-5-8(15-9)16-11-10(13)7-3-2-4-18-12(7)11/h5-7,10-12H,2-4,13H2,1H3,(H,15,16). The Morgan fingerprint density at radius 1 is 1.50 bits per heavy atom. The fourth-order valence-corrected chi connectivity index (χ4v) is 2.81. The van der Waals surface area contributed by atoms with Gasteiger partial charge in [-0.3, -0.25) is 4.98 Å². The van der Waals surface area contributed by atoms with Crippen molar-refractivity contribution in [3.8, 4) is 5.88 Å². The summed E-state index contributed by atoms with van der Waals surface area (Å²) in [6.45, 7) is 0.829. The SMILES string of the molecule is COc1cncc(NC2C(N)C3CCCOC32)n1. The van der Waals surface area contributed by atoms with Crippen LogP contribution in [0.25, 0.3) is 0 Å². The third kappa shape index (κ3) is 1.91. The average molecular weight is 250 g/mol. The Morgan fingerprint density at radius 3 is 3.22 bits per heavy atom. The van der Waals surface area contributed by atoms with Gasteiger partial charge in [0, 0.05) is 18.6 Å². The molecule has 1 aliphatic carbocycles. The van der Waals surface area contributed by atoms with Gasteiger partial charge in [-0.05, 0) is 12.8 Å². The maximum atomic E-state index is 6.17. The summed E-state index contributed by atoms with van der Waals surface area (Å²) in [6, 6.07) is 0.250. The van der Waals surface area contributed by atoms with Crippen molar-refractivity contribution in [3.05, 3.63) is 12.4 Å². The van der Waals surface area contributed by atoms with E-state index in [4.69, 9.17) is 15.2 Å². The second kappa shape index (κ2) is 4.70. The molecule has 2 aliphatic rings. The highest BCUT2D eigenvalue weighted by Gasteiger charge is 2.50. The van der Waals surface area contributed by atoms with Crippen LogP contribution in [0.4, 0.5) is 5.82 Å². The molecule has 3 rings (SSSR count). The van der Waals surface area contributed by atoms with Crippen molar-refractivity contribution in [2.24, 2.45) is 11.7 Å². The number of rotatable bonds is 3. The van der Waals surface area contributed by atoms with Gasteiger partial charge < -0.3 is 20.5 Å². The van der Waals surface area contributed by atoms with E-state index in [9.17, 15) is 0 Å². The van der Waals surface area contributed by atoms with Crippen LogP contribution in [0.15, 0.2) is 12.4 Å². The van der Waals surface area contributed by atoms with Gasteiger partial charge in [0.05, 0.1) is 31.6 Å². The average Bonchev–Trinajstić information content (AvgIpc) is 2.44. The molecule has 6 heteroatoms. The largest absolute Gasteiger partial charge is 0.480 e. The van der Waals surface area contributed by atoms with Crippen LogP contribution in [0, 0.1) is 5.92 Å². The van der Waals surface area contributed by atoms with Crippen LogP contribution in [0.5, 0.6) is 5.88 Å². The predicted octanol–water partition coefficient (Wildman–Crippen LogP) is 0.402. The van der Waals surface area contributed by atoms with Crippen molar-refractivity contribution in [1.29, 1.82) is 0 Å². The quantitative estimate of drug-likeness (QED) is 0.808. The Labute approximate surface area is 106 Å². The molecule has 0 radical (unpaired) electrons. The molecule has 3 N–H and O–H groups in total. The first-order chi connectivity index (χ1) is 8.79. The van der Waals surface area contributed by atoms with Gasteiger partial charge >= 0.3 is 0 Å². The van der Waals surface area contributed by atoms with Crippen molar-refractivity contribution < 1.29 is 9.47 Å². The first kappa shape index (κ1) is 11.7. The topological polar surface area (TPSA) is 82.3 Å². The number of hydrogen-bond donors (Lipinski definition) is 2. The zero-order chi connectivity index (χ0) is 12.5. The van der Waals surface area contributed by atoms with Gasteiger partial charge in [0.2, 0.25) is 5.88 Å². The smallest absolute Gasteiger partial charge is 0.233 e. The Morgan fingerprint density at radius 2 is 2.39 bits per heavy atom. The van der Waals surface area contributed by atoms with Gasteiger partial charge in [0.1, 0.15) is 5.82 Å². The van der Waals surface area contributed by atoms with Crippen LogP contribution in [0.1, 0.15) is 12.8 Å². The van der Waals surface area contributed by atoms with Crippen LogP contribution in [0.3, 0.4) is 0 Å². The zero-order valence-electron chi connectivity index (χ0n) is 10.4. The molecule has 2 heterocycles. The molecule has 0 aromatic carbocycles. The van der Waals surface area contributed by atoms with Gasteiger partial charge in [-0.2, -0.15) is 4.98 Å². The normalized spacial score (nSPS) is 34.3. The maximum absolute atomic E-state index is 6.17. The van der Waals surface area contributed by atoms with E-state index in [0.29, 0.717) is 17.6 Å². The van der Waals surface area contributed by atoms with Crippen molar-refractivity contribution in [2.75, 3.05) is 19.0 Å². The minimum Gasteiger partial charge on any atom is -0.480 e. The molecule has 2 fully saturated rings. The molecule has 6 nitrogen and oxygen atoms in total. The van der Waals surface area contributed by atoms with E-state index < -0.39 is 0 Å². The fourth-order valence-electron chi connectivity index (χ4n) is 2.81. The van der Waals surface area contributed by atoms with E-state index in [2.05, 4.69) is 15.3 Å². The number of aromatic nitrogens is 2. The molecule has 4 atom stereocenters. The summed E-state index contributed by atoms with van der Waals surface area (Å²) in [4.78, 5) is 8.34. The van der Waals surface area contributed by atoms with Crippen molar-refractivity contribution in [3.63, 3.8) is 0 Å². The molecule has 0 amide bonds. The Kier molecular flexibility index (Phi) is 3.05. The molecular weight excluding hydrogens is 232 g/mol. The first-order valence-corrected chi connectivity index (χ1v) is 6.29. The monoisotopic (exact) mass is 250 g/mol. The molecule has 1 aromatic heterocycles. The van der Waals surface area contributed by atoms with Crippen LogP contribution >= 0.6 is 0 Å². The number of nitrogens with one attached hydrogen (secondary N) is 1. The lowest BCUT2D eigenvalue weighted by atomic mass is 9.69. The highest BCUT2D eigenvalue weighted by molar-refractivity contribution is 5.37. The number of ether oxygens (including phenoxy) is 2. The predicted molar refractivity (Wildman–Crippen MR) is 66.4 cm³/mol. The molecule has 0 spiro atoms. The first-order valence-electron chi connectivity index (χ1n) is 6.29. The zero-order valence-corrected chi connectivity index (χ0v) is 10.4. The highest BCUT2D eigenvalue weighted by atomic mass is 16.5. The van der Waals surface area contributed by atoms with E-state index in [-0.39, 0.29) is 18.2 Å². The van der Waals surface area contributed by atoms with Crippen LogP contribution < -0.4 is 15.8 Å². The van der Waals surface area contributed by atoms with E-state index >= 15 is 0 Å². The van der Waals surface area contributed by atoms with Gasteiger partial charge in [-0.25, -0.2) is 0 Å². The second-order valence-electron chi connectivity index (χ2n) is 4.84. The second-order valence-corrected chi connectivity index (χ2v) is 4.84. The Bertz CT molecular complexity index is 428. The van der Waals surface area contributed by atoms with E-state index in [0.717, 1.165) is 19.4 Å². The molecule has 98 valence electrons. The lowest BCUT2D eigenvalue weighted by Crippen LogP contribution is -2.69. The van der Waals surface area contributed by atoms with Gasteiger partial charge in [-0.15, -0.1) is 0 Å². The Balaban J connectivity index is 1.68. The van der Waals surface area contributed by atoms with E-state index in [1.165, 1.54) is 0 Å². The summed E-state index contributed by atoms with van der Waals surface area (Å²) in [7, 11) is 1.57. The summed E-state index contributed by atoms with van der Waals surface area (Å²) in [5, 5.41) is 3.30. The summed E-state index contributed by atoms with van der Waals surface area (Å²) in [6.07, 6.45) is 5.73. The number of methoxy groups -OCH3 is 1. The molecule has 1 aromatic rings. The summed E-state index contributed by atoms with van der Waals surface area (Å²) >= 11 is 0. The molecule has 1 saturated heterocycles. The number of nitrogens with zero attached hydrogens (tertiary/aromatic N) is 2. The molecule has 4 unspecified atom stereocenters. The number of nitrogens with two attached hydrogens (primary N) is 1.